The molecule has 3 aromatic rings. The third-order valence-electron chi connectivity index (χ3n) is 3.77. The Morgan fingerprint density at radius 1 is 1.40 bits per heavy atom. The highest BCUT2D eigenvalue weighted by Gasteiger charge is 2.13. The van der Waals surface area contributed by atoms with Crippen LogP contribution < -0.4 is 11.0 Å². The number of aromatic nitrogens is 2. The largest absolute Gasteiger partial charge is 0.289 e. The summed E-state index contributed by atoms with van der Waals surface area (Å²) in [5.41, 5.74) is 3.15. The summed E-state index contributed by atoms with van der Waals surface area (Å²) in [5.74, 6) is -0.935. The molecule has 0 aliphatic heterocycles. The fourth-order valence-corrected chi connectivity index (χ4v) is 3.31. The number of hydrogen-bond donors (Lipinski definition) is 1. The minimum atomic E-state index is -0.500. The maximum atomic E-state index is 13.4. The van der Waals surface area contributed by atoms with Crippen LogP contribution in [0.2, 0.25) is 0 Å². The molecule has 6 nitrogen and oxygen atoms in total. The normalized spacial score (nSPS) is 11.3. The molecule has 1 amide bonds. The predicted octanol–water partition coefficient (Wildman–Crippen LogP) is 2.36. The molecule has 1 N–H and O–H groups in total. The second-order valence-corrected chi connectivity index (χ2v) is 6.66. The van der Waals surface area contributed by atoms with E-state index in [1.807, 2.05) is 13.8 Å². The van der Waals surface area contributed by atoms with Crippen LogP contribution in [0.1, 0.15) is 16.0 Å². The predicted molar refractivity (Wildman–Crippen MR) is 95.5 cm³/mol. The molecule has 0 radical (unpaired) electrons. The van der Waals surface area contributed by atoms with Crippen molar-refractivity contribution in [3.05, 3.63) is 62.8 Å². The SMILES string of the molecule is Cc1sc2ncn(CC(=O)NN=Cc3ccccc3F)c(=O)c2c1C. The van der Waals surface area contributed by atoms with E-state index in [4.69, 9.17) is 0 Å². The Morgan fingerprint density at radius 3 is 2.92 bits per heavy atom. The number of thiophene rings is 1. The van der Waals surface area contributed by atoms with Crippen molar-refractivity contribution in [1.29, 1.82) is 0 Å². The zero-order valence-corrected chi connectivity index (χ0v) is 14.4. The number of aryl methyl sites for hydroxylation is 2. The molecule has 0 fully saturated rings. The van der Waals surface area contributed by atoms with Gasteiger partial charge in [0.1, 0.15) is 17.2 Å². The minimum absolute atomic E-state index is 0.218. The van der Waals surface area contributed by atoms with Crippen LogP contribution in [-0.4, -0.2) is 21.7 Å². The smallest absolute Gasteiger partial charge is 0.262 e. The lowest BCUT2D eigenvalue weighted by Gasteiger charge is -2.04. The van der Waals surface area contributed by atoms with Crippen LogP contribution in [0.4, 0.5) is 4.39 Å². The lowest BCUT2D eigenvalue weighted by atomic mass is 10.2. The van der Waals surface area contributed by atoms with E-state index < -0.39 is 11.7 Å². The van der Waals surface area contributed by atoms with Crippen LogP contribution in [0.3, 0.4) is 0 Å². The van der Waals surface area contributed by atoms with Crippen LogP contribution in [0.25, 0.3) is 10.2 Å². The molecule has 2 aromatic heterocycles. The molecule has 0 saturated carbocycles. The van der Waals surface area contributed by atoms with Crippen molar-refractivity contribution in [2.24, 2.45) is 5.10 Å². The lowest BCUT2D eigenvalue weighted by Crippen LogP contribution is -2.30. The number of nitrogens with one attached hydrogen (secondary N) is 1. The first kappa shape index (κ1) is 17.0. The number of amides is 1. The molecule has 25 heavy (non-hydrogen) atoms. The topological polar surface area (TPSA) is 76.3 Å². The zero-order valence-electron chi connectivity index (χ0n) is 13.6. The summed E-state index contributed by atoms with van der Waals surface area (Å²) in [4.78, 5) is 30.4. The highest BCUT2D eigenvalue weighted by atomic mass is 32.1. The Balaban J connectivity index is 1.74. The van der Waals surface area contributed by atoms with Gasteiger partial charge in [-0.25, -0.2) is 14.8 Å². The van der Waals surface area contributed by atoms with Crippen LogP contribution in [0, 0.1) is 19.7 Å². The summed E-state index contributed by atoms with van der Waals surface area (Å²) in [6.45, 7) is 3.57. The molecule has 3 rings (SSSR count). The van der Waals surface area contributed by atoms with Crippen LogP contribution in [0.15, 0.2) is 40.5 Å². The van der Waals surface area contributed by atoms with E-state index in [0.717, 1.165) is 10.4 Å². The van der Waals surface area contributed by atoms with Gasteiger partial charge in [-0.05, 0) is 25.5 Å². The average molecular weight is 358 g/mol. The molecule has 0 unspecified atom stereocenters. The van der Waals surface area contributed by atoms with Crippen molar-refractivity contribution in [2.45, 2.75) is 20.4 Å². The monoisotopic (exact) mass is 358 g/mol. The summed E-state index contributed by atoms with van der Waals surface area (Å²) >= 11 is 1.45. The maximum absolute atomic E-state index is 13.4. The lowest BCUT2D eigenvalue weighted by molar-refractivity contribution is -0.121. The Morgan fingerprint density at radius 2 is 2.16 bits per heavy atom. The standard InChI is InChI=1S/C17H15FN4O2S/c1-10-11(2)25-16-15(10)17(24)22(9-19-16)8-14(23)21-20-7-12-5-3-4-6-13(12)18/h3-7,9H,8H2,1-2H3,(H,21,23). The van der Waals surface area contributed by atoms with E-state index in [1.54, 1.807) is 12.1 Å². The van der Waals surface area contributed by atoms with Crippen molar-refractivity contribution >= 4 is 33.7 Å². The Bertz CT molecular complexity index is 1040. The molecule has 0 aliphatic rings. The number of carbonyl (C=O) groups is 1. The first-order valence-electron chi connectivity index (χ1n) is 7.49. The Kier molecular flexibility index (Phi) is 4.71. The minimum Gasteiger partial charge on any atom is -0.289 e. The number of hydrogen-bond acceptors (Lipinski definition) is 5. The Hall–Kier alpha value is -2.87. The third-order valence-corrected chi connectivity index (χ3v) is 4.88. The Labute approximate surface area is 146 Å². The van der Waals surface area contributed by atoms with Crippen LogP contribution in [-0.2, 0) is 11.3 Å². The van der Waals surface area contributed by atoms with Gasteiger partial charge in [-0.1, -0.05) is 18.2 Å². The molecule has 128 valence electrons. The van der Waals surface area contributed by atoms with Gasteiger partial charge in [-0.2, -0.15) is 5.10 Å². The van der Waals surface area contributed by atoms with Crippen molar-refractivity contribution in [3.63, 3.8) is 0 Å². The molecule has 2 heterocycles. The van der Waals surface area contributed by atoms with Crippen molar-refractivity contribution in [3.8, 4) is 0 Å². The molecule has 0 aliphatic carbocycles. The van der Waals surface area contributed by atoms with E-state index in [0.29, 0.717) is 10.2 Å². The first-order chi connectivity index (χ1) is 12.0. The van der Waals surface area contributed by atoms with Crippen molar-refractivity contribution in [1.82, 2.24) is 15.0 Å². The third kappa shape index (κ3) is 3.48. The fourth-order valence-electron chi connectivity index (χ4n) is 2.33. The van der Waals surface area contributed by atoms with Gasteiger partial charge in [0.25, 0.3) is 11.5 Å². The van der Waals surface area contributed by atoms with E-state index >= 15 is 0 Å². The molecule has 1 aromatic carbocycles. The van der Waals surface area contributed by atoms with E-state index in [9.17, 15) is 14.0 Å². The number of fused-ring (bicyclic) bond motifs is 1. The quantitative estimate of drug-likeness (QED) is 0.575. The summed E-state index contributed by atoms with van der Waals surface area (Å²) < 4.78 is 14.7. The molecule has 0 atom stereocenters. The number of halogens is 1. The second kappa shape index (κ2) is 6.94. The number of rotatable bonds is 4. The average Bonchev–Trinajstić information content (AvgIpc) is 2.87. The number of nitrogens with zero attached hydrogens (tertiary/aromatic N) is 3. The van der Waals surface area contributed by atoms with E-state index in [-0.39, 0.29) is 17.7 Å². The maximum Gasteiger partial charge on any atom is 0.262 e. The molecule has 0 bridgehead atoms. The van der Waals surface area contributed by atoms with Gasteiger partial charge in [-0.15, -0.1) is 11.3 Å². The van der Waals surface area contributed by atoms with Gasteiger partial charge in [0.2, 0.25) is 0 Å². The van der Waals surface area contributed by atoms with Gasteiger partial charge < -0.3 is 0 Å². The van der Waals surface area contributed by atoms with E-state index in [1.165, 1.54) is 40.6 Å². The van der Waals surface area contributed by atoms with Gasteiger partial charge in [0, 0.05) is 10.4 Å². The van der Waals surface area contributed by atoms with Gasteiger partial charge in [0.05, 0.1) is 17.9 Å². The summed E-state index contributed by atoms with van der Waals surface area (Å²) in [7, 11) is 0. The van der Waals surface area contributed by atoms with Crippen LogP contribution >= 0.6 is 11.3 Å². The van der Waals surface area contributed by atoms with Crippen molar-refractivity contribution < 1.29 is 9.18 Å². The second-order valence-electron chi connectivity index (χ2n) is 5.46. The summed E-state index contributed by atoms with van der Waals surface area (Å²) in [6, 6.07) is 6.07. The molecular weight excluding hydrogens is 343 g/mol. The number of hydrazone groups is 1. The first-order valence-corrected chi connectivity index (χ1v) is 8.30. The van der Waals surface area contributed by atoms with Crippen molar-refractivity contribution in [2.75, 3.05) is 0 Å². The van der Waals surface area contributed by atoms with Gasteiger partial charge in [-0.3, -0.25) is 14.2 Å². The van der Waals surface area contributed by atoms with Crippen LogP contribution in [0.5, 0.6) is 0 Å². The van der Waals surface area contributed by atoms with E-state index in [2.05, 4.69) is 15.5 Å². The van der Waals surface area contributed by atoms with Gasteiger partial charge >= 0.3 is 0 Å². The molecule has 8 heteroatoms. The highest BCUT2D eigenvalue weighted by molar-refractivity contribution is 7.18. The molecule has 0 spiro atoms. The number of carbonyl (C=O) groups excluding carboxylic acids is 1. The van der Waals surface area contributed by atoms with Gasteiger partial charge in [0.15, 0.2) is 0 Å². The highest BCUT2D eigenvalue weighted by Crippen LogP contribution is 2.25. The number of benzene rings is 1. The zero-order chi connectivity index (χ0) is 18.0. The summed E-state index contributed by atoms with van der Waals surface area (Å²) in [6.07, 6.45) is 2.56. The summed E-state index contributed by atoms with van der Waals surface area (Å²) in [5, 5.41) is 4.25. The molecule has 0 saturated heterocycles. The fraction of sp³-hybridized carbons (Fsp3) is 0.176. The molecular formula is C17H15FN4O2S.